The van der Waals surface area contributed by atoms with E-state index in [1.165, 1.54) is 12.0 Å². The summed E-state index contributed by atoms with van der Waals surface area (Å²) in [6.07, 6.45) is 2.10. The Hall–Kier alpha value is -3.03. The van der Waals surface area contributed by atoms with E-state index in [4.69, 9.17) is 4.74 Å². The standard InChI is InChI=1S/C17H19N3O5/c1-17(15(22)23)4-6-20(9-17)16(24)19-10-7-12(14(21)25-2)11-3-5-18-13(11)8-10/h3,5,7-8,18H,4,6,9H2,1-2H3,(H,19,24)(H,22,23). The summed E-state index contributed by atoms with van der Waals surface area (Å²) in [6, 6.07) is 4.62. The number of fused-ring (bicyclic) bond motifs is 1. The number of rotatable bonds is 3. The third kappa shape index (κ3) is 3.02. The number of ether oxygens (including phenoxy) is 1. The number of carbonyl (C=O) groups excluding carboxylic acids is 2. The molecule has 3 N–H and O–H groups in total. The Kier molecular flexibility index (Phi) is 4.12. The first kappa shape index (κ1) is 16.8. The zero-order valence-electron chi connectivity index (χ0n) is 14.0. The van der Waals surface area contributed by atoms with Crippen LogP contribution in [-0.4, -0.2) is 53.2 Å². The maximum Gasteiger partial charge on any atom is 0.338 e. The molecule has 1 unspecified atom stereocenters. The van der Waals surface area contributed by atoms with Gasteiger partial charge in [0.05, 0.1) is 18.1 Å². The molecule has 2 aromatic rings. The van der Waals surface area contributed by atoms with E-state index < -0.39 is 23.4 Å². The summed E-state index contributed by atoms with van der Waals surface area (Å²) in [5, 5.41) is 12.7. The number of carboxylic acid groups (broad SMARTS) is 1. The number of hydrogen-bond acceptors (Lipinski definition) is 4. The van der Waals surface area contributed by atoms with Gasteiger partial charge in [-0.1, -0.05) is 0 Å². The van der Waals surface area contributed by atoms with Gasteiger partial charge in [-0.15, -0.1) is 0 Å². The van der Waals surface area contributed by atoms with Crippen molar-refractivity contribution in [1.82, 2.24) is 9.88 Å². The number of urea groups is 1. The second-order valence-electron chi connectivity index (χ2n) is 6.42. The van der Waals surface area contributed by atoms with Crippen LogP contribution in [0.3, 0.4) is 0 Å². The molecule has 1 saturated heterocycles. The average Bonchev–Trinajstić information content (AvgIpc) is 3.20. The van der Waals surface area contributed by atoms with Crippen molar-refractivity contribution < 1.29 is 24.2 Å². The number of nitrogens with one attached hydrogen (secondary N) is 2. The van der Waals surface area contributed by atoms with Crippen molar-refractivity contribution in [3.8, 4) is 0 Å². The molecule has 1 fully saturated rings. The summed E-state index contributed by atoms with van der Waals surface area (Å²) in [6.45, 7) is 2.13. The quantitative estimate of drug-likeness (QED) is 0.739. The number of methoxy groups -OCH3 is 1. The van der Waals surface area contributed by atoms with E-state index in [0.717, 1.165) is 0 Å². The SMILES string of the molecule is COC(=O)c1cc(NC(=O)N2CCC(C)(C(=O)O)C2)cc2[nH]ccc12. The van der Waals surface area contributed by atoms with Crippen LogP contribution in [0.5, 0.6) is 0 Å². The van der Waals surface area contributed by atoms with E-state index in [0.29, 0.717) is 35.1 Å². The highest BCUT2D eigenvalue weighted by Gasteiger charge is 2.42. The van der Waals surface area contributed by atoms with Gasteiger partial charge in [0.2, 0.25) is 0 Å². The van der Waals surface area contributed by atoms with Crippen molar-refractivity contribution in [2.75, 3.05) is 25.5 Å². The summed E-state index contributed by atoms with van der Waals surface area (Å²) >= 11 is 0. The third-order valence-electron chi connectivity index (χ3n) is 4.60. The first-order chi connectivity index (χ1) is 11.8. The van der Waals surface area contributed by atoms with Gasteiger partial charge in [0, 0.05) is 35.9 Å². The highest BCUT2D eigenvalue weighted by Crippen LogP contribution is 2.31. The zero-order valence-corrected chi connectivity index (χ0v) is 14.0. The van der Waals surface area contributed by atoms with Crippen LogP contribution in [0.1, 0.15) is 23.7 Å². The number of amides is 2. The molecule has 1 aromatic heterocycles. The number of carbonyl (C=O) groups is 3. The number of nitrogens with zero attached hydrogens (tertiary/aromatic N) is 1. The number of H-pyrrole nitrogens is 1. The van der Waals surface area contributed by atoms with Crippen LogP contribution in [-0.2, 0) is 9.53 Å². The van der Waals surface area contributed by atoms with Crippen LogP contribution >= 0.6 is 0 Å². The average molecular weight is 345 g/mol. The molecule has 0 bridgehead atoms. The van der Waals surface area contributed by atoms with Gasteiger partial charge in [-0.25, -0.2) is 9.59 Å². The second kappa shape index (κ2) is 6.12. The van der Waals surface area contributed by atoms with Crippen LogP contribution in [0.2, 0.25) is 0 Å². The van der Waals surface area contributed by atoms with Gasteiger partial charge in [0.1, 0.15) is 0 Å². The summed E-state index contributed by atoms with van der Waals surface area (Å²) < 4.78 is 4.79. The molecular formula is C17H19N3O5. The van der Waals surface area contributed by atoms with Gasteiger partial charge in [-0.2, -0.15) is 0 Å². The summed E-state index contributed by atoms with van der Waals surface area (Å²) in [7, 11) is 1.29. The van der Waals surface area contributed by atoms with Gasteiger partial charge in [0.25, 0.3) is 0 Å². The molecule has 1 atom stereocenters. The summed E-state index contributed by atoms with van der Waals surface area (Å²) in [5.74, 6) is -1.41. The smallest absolute Gasteiger partial charge is 0.338 e. The fraction of sp³-hybridized carbons (Fsp3) is 0.353. The van der Waals surface area contributed by atoms with Gasteiger partial charge in [-0.05, 0) is 31.5 Å². The van der Waals surface area contributed by atoms with Crippen LogP contribution < -0.4 is 5.32 Å². The number of anilines is 1. The maximum atomic E-state index is 12.4. The molecular weight excluding hydrogens is 326 g/mol. The minimum atomic E-state index is -0.933. The van der Waals surface area contributed by atoms with Gasteiger partial charge in [0.15, 0.2) is 0 Å². The van der Waals surface area contributed by atoms with Crippen LogP contribution in [0, 0.1) is 5.41 Å². The lowest BCUT2D eigenvalue weighted by atomic mass is 9.90. The van der Waals surface area contributed by atoms with Crippen LogP contribution in [0.4, 0.5) is 10.5 Å². The molecule has 8 heteroatoms. The van der Waals surface area contributed by atoms with Crippen molar-refractivity contribution in [3.05, 3.63) is 30.0 Å². The van der Waals surface area contributed by atoms with Crippen molar-refractivity contribution >= 4 is 34.6 Å². The summed E-state index contributed by atoms with van der Waals surface area (Å²) in [4.78, 5) is 40.2. The number of aromatic amines is 1. The fourth-order valence-corrected chi connectivity index (χ4v) is 3.03. The van der Waals surface area contributed by atoms with E-state index in [9.17, 15) is 19.5 Å². The number of carboxylic acids is 1. The van der Waals surface area contributed by atoms with Crippen LogP contribution in [0.25, 0.3) is 10.9 Å². The van der Waals surface area contributed by atoms with E-state index in [2.05, 4.69) is 10.3 Å². The molecule has 2 heterocycles. The largest absolute Gasteiger partial charge is 0.481 e. The van der Waals surface area contributed by atoms with Crippen molar-refractivity contribution in [3.63, 3.8) is 0 Å². The number of benzene rings is 1. The molecule has 132 valence electrons. The molecule has 0 aliphatic carbocycles. The van der Waals surface area contributed by atoms with Gasteiger partial charge < -0.3 is 25.0 Å². The topological polar surface area (TPSA) is 112 Å². The zero-order chi connectivity index (χ0) is 18.2. The Labute approximate surface area is 143 Å². The molecule has 0 radical (unpaired) electrons. The minimum Gasteiger partial charge on any atom is -0.481 e. The first-order valence-corrected chi connectivity index (χ1v) is 7.83. The lowest BCUT2D eigenvalue weighted by Crippen LogP contribution is -2.37. The molecule has 2 amide bonds. The predicted octanol–water partition coefficient (Wildman–Crippen LogP) is 2.28. The van der Waals surface area contributed by atoms with Crippen molar-refractivity contribution in [1.29, 1.82) is 0 Å². The number of aromatic nitrogens is 1. The predicted molar refractivity (Wildman–Crippen MR) is 90.6 cm³/mol. The number of esters is 1. The molecule has 8 nitrogen and oxygen atoms in total. The highest BCUT2D eigenvalue weighted by atomic mass is 16.5. The van der Waals surface area contributed by atoms with Crippen molar-refractivity contribution in [2.45, 2.75) is 13.3 Å². The normalized spacial score (nSPS) is 19.8. The molecule has 0 saturated carbocycles. The molecule has 25 heavy (non-hydrogen) atoms. The Morgan fingerprint density at radius 1 is 1.36 bits per heavy atom. The highest BCUT2D eigenvalue weighted by molar-refractivity contribution is 6.06. The number of aliphatic carboxylic acids is 1. The number of hydrogen-bond donors (Lipinski definition) is 3. The molecule has 1 aliphatic heterocycles. The van der Waals surface area contributed by atoms with E-state index in [1.807, 2.05) is 0 Å². The van der Waals surface area contributed by atoms with Gasteiger partial charge >= 0.3 is 18.0 Å². The fourth-order valence-electron chi connectivity index (χ4n) is 3.03. The Morgan fingerprint density at radius 3 is 2.76 bits per heavy atom. The molecule has 1 aromatic carbocycles. The van der Waals surface area contributed by atoms with E-state index in [1.54, 1.807) is 31.3 Å². The monoisotopic (exact) mass is 345 g/mol. The Morgan fingerprint density at radius 2 is 2.12 bits per heavy atom. The molecule has 0 spiro atoms. The lowest BCUT2D eigenvalue weighted by Gasteiger charge is -2.20. The van der Waals surface area contributed by atoms with E-state index >= 15 is 0 Å². The molecule has 3 rings (SSSR count). The Balaban J connectivity index is 1.82. The first-order valence-electron chi connectivity index (χ1n) is 7.83. The van der Waals surface area contributed by atoms with Crippen LogP contribution in [0.15, 0.2) is 24.4 Å². The van der Waals surface area contributed by atoms with E-state index in [-0.39, 0.29) is 6.54 Å². The maximum absolute atomic E-state index is 12.4. The number of likely N-dealkylation sites (tertiary alicyclic amines) is 1. The minimum absolute atomic E-state index is 0.142. The third-order valence-corrected chi connectivity index (χ3v) is 4.60. The second-order valence-corrected chi connectivity index (χ2v) is 6.42. The summed E-state index contributed by atoms with van der Waals surface area (Å²) in [5.41, 5.74) is 0.533. The molecule has 1 aliphatic rings. The van der Waals surface area contributed by atoms with Gasteiger partial charge in [-0.3, -0.25) is 4.79 Å². The van der Waals surface area contributed by atoms with Crippen molar-refractivity contribution in [2.24, 2.45) is 5.41 Å². The Bertz CT molecular complexity index is 859. The lowest BCUT2D eigenvalue weighted by molar-refractivity contribution is -0.146.